The molecule has 2 heterocycles. The fraction of sp³-hybridized carbons (Fsp3) is 0.304. The van der Waals surface area contributed by atoms with Crippen molar-refractivity contribution in [1.29, 1.82) is 0 Å². The first-order valence-corrected chi connectivity index (χ1v) is 9.90. The summed E-state index contributed by atoms with van der Waals surface area (Å²) in [5.41, 5.74) is 3.90. The van der Waals surface area contributed by atoms with E-state index in [-0.39, 0.29) is 24.3 Å². The highest BCUT2D eigenvalue weighted by molar-refractivity contribution is 5.92. The molecule has 0 aromatic heterocycles. The number of carbonyl (C=O) groups excluding carboxylic acids is 2. The van der Waals surface area contributed by atoms with Gasteiger partial charge in [-0.15, -0.1) is 0 Å². The molecule has 1 fully saturated rings. The number of carbonyl (C=O) groups is 2. The number of benzene rings is 2. The number of amides is 2. The zero-order valence-electron chi connectivity index (χ0n) is 16.5. The normalized spacial score (nSPS) is 18.3. The third-order valence-corrected chi connectivity index (χ3v) is 5.38. The Morgan fingerprint density at radius 2 is 1.79 bits per heavy atom. The van der Waals surface area contributed by atoms with E-state index >= 15 is 0 Å². The Bertz CT molecular complexity index is 917. The van der Waals surface area contributed by atoms with Crippen LogP contribution >= 0.6 is 0 Å². The average molecular weight is 391 g/mol. The predicted octanol–water partition coefficient (Wildman–Crippen LogP) is 3.43. The van der Waals surface area contributed by atoms with E-state index in [9.17, 15) is 9.59 Å². The van der Waals surface area contributed by atoms with E-state index in [1.807, 2.05) is 54.6 Å². The molecule has 29 heavy (non-hydrogen) atoms. The SMILES string of the molecule is CC(=O)N1C=Cc2ccccc2[C@@H]1CC(=O)Nc1ccc(N2CCOCC2)cc1. The summed E-state index contributed by atoms with van der Waals surface area (Å²) in [4.78, 5) is 28.7. The van der Waals surface area contributed by atoms with Gasteiger partial charge in [-0.25, -0.2) is 0 Å². The number of morpholine rings is 1. The van der Waals surface area contributed by atoms with Gasteiger partial charge >= 0.3 is 0 Å². The van der Waals surface area contributed by atoms with Crippen LogP contribution in [0.4, 0.5) is 11.4 Å². The third kappa shape index (κ3) is 4.32. The molecular formula is C23H25N3O3. The lowest BCUT2D eigenvalue weighted by molar-refractivity contribution is -0.129. The maximum Gasteiger partial charge on any atom is 0.226 e. The van der Waals surface area contributed by atoms with Crippen LogP contribution in [0.1, 0.15) is 30.5 Å². The first-order valence-electron chi connectivity index (χ1n) is 9.90. The van der Waals surface area contributed by atoms with Crippen molar-refractivity contribution >= 4 is 29.3 Å². The standard InChI is InChI=1S/C23H25N3O3/c1-17(27)26-11-10-18-4-2-3-5-21(18)22(26)16-23(28)24-19-6-8-20(9-7-19)25-12-14-29-15-13-25/h2-11,22H,12-16H2,1H3,(H,24,28)/t22-/m0/s1. The minimum atomic E-state index is -0.304. The van der Waals surface area contributed by atoms with Gasteiger partial charge in [-0.2, -0.15) is 0 Å². The van der Waals surface area contributed by atoms with Crippen LogP contribution in [-0.2, 0) is 14.3 Å². The molecule has 1 atom stereocenters. The lowest BCUT2D eigenvalue weighted by atomic mass is 9.93. The molecule has 0 bridgehead atoms. The lowest BCUT2D eigenvalue weighted by Gasteiger charge is -2.32. The molecule has 150 valence electrons. The molecule has 2 aromatic carbocycles. The van der Waals surface area contributed by atoms with Crippen LogP contribution in [-0.4, -0.2) is 43.0 Å². The average Bonchev–Trinajstić information content (AvgIpc) is 2.75. The Balaban J connectivity index is 1.44. The molecule has 0 saturated carbocycles. The molecule has 2 amide bonds. The highest BCUT2D eigenvalue weighted by Gasteiger charge is 2.28. The van der Waals surface area contributed by atoms with E-state index in [0.29, 0.717) is 0 Å². The number of hydrogen-bond acceptors (Lipinski definition) is 4. The van der Waals surface area contributed by atoms with Crippen molar-refractivity contribution in [3.63, 3.8) is 0 Å². The summed E-state index contributed by atoms with van der Waals surface area (Å²) >= 11 is 0. The molecule has 2 aromatic rings. The van der Waals surface area contributed by atoms with Crippen molar-refractivity contribution in [1.82, 2.24) is 4.90 Å². The number of nitrogens with one attached hydrogen (secondary N) is 1. The zero-order valence-corrected chi connectivity index (χ0v) is 16.5. The first kappa shape index (κ1) is 19.2. The van der Waals surface area contributed by atoms with E-state index in [1.54, 1.807) is 11.1 Å². The number of nitrogens with zero attached hydrogens (tertiary/aromatic N) is 2. The van der Waals surface area contributed by atoms with Crippen LogP contribution in [0.3, 0.4) is 0 Å². The van der Waals surface area contributed by atoms with Gasteiger partial charge in [0, 0.05) is 37.6 Å². The van der Waals surface area contributed by atoms with Crippen LogP contribution in [0.2, 0.25) is 0 Å². The summed E-state index contributed by atoms with van der Waals surface area (Å²) in [7, 11) is 0. The topological polar surface area (TPSA) is 61.9 Å². The lowest BCUT2D eigenvalue weighted by Crippen LogP contribution is -2.36. The quantitative estimate of drug-likeness (QED) is 0.868. The molecular weight excluding hydrogens is 366 g/mol. The van der Waals surface area contributed by atoms with E-state index in [1.165, 1.54) is 6.92 Å². The van der Waals surface area contributed by atoms with Crippen LogP contribution in [0.25, 0.3) is 6.08 Å². The third-order valence-electron chi connectivity index (χ3n) is 5.38. The van der Waals surface area contributed by atoms with Gasteiger partial charge in [-0.3, -0.25) is 9.59 Å². The van der Waals surface area contributed by atoms with Gasteiger partial charge in [0.2, 0.25) is 11.8 Å². The summed E-state index contributed by atoms with van der Waals surface area (Å²) in [5, 5.41) is 2.97. The van der Waals surface area contributed by atoms with Crippen LogP contribution in [0.15, 0.2) is 54.7 Å². The minimum absolute atomic E-state index is 0.0802. The Hall–Kier alpha value is -3.12. The first-order chi connectivity index (χ1) is 14.1. The van der Waals surface area contributed by atoms with Crippen molar-refractivity contribution in [3.8, 4) is 0 Å². The number of fused-ring (bicyclic) bond motifs is 1. The summed E-state index contributed by atoms with van der Waals surface area (Å²) in [6.45, 7) is 4.75. The molecule has 1 N–H and O–H groups in total. The Kier molecular flexibility index (Phi) is 5.62. The fourth-order valence-corrected chi connectivity index (χ4v) is 3.88. The van der Waals surface area contributed by atoms with Gasteiger partial charge in [0.1, 0.15) is 0 Å². The van der Waals surface area contributed by atoms with Gasteiger partial charge in [0.25, 0.3) is 0 Å². The maximum atomic E-state index is 12.7. The van der Waals surface area contributed by atoms with Crippen molar-refractivity contribution in [3.05, 3.63) is 65.9 Å². The van der Waals surface area contributed by atoms with Crippen molar-refractivity contribution in [2.75, 3.05) is 36.5 Å². The number of rotatable bonds is 4. The number of ether oxygens (including phenoxy) is 1. The molecule has 0 spiro atoms. The Morgan fingerprint density at radius 3 is 2.52 bits per heavy atom. The fourth-order valence-electron chi connectivity index (χ4n) is 3.88. The molecule has 1 saturated heterocycles. The molecule has 0 radical (unpaired) electrons. The molecule has 6 nitrogen and oxygen atoms in total. The van der Waals surface area contributed by atoms with Gasteiger partial charge in [0.15, 0.2) is 0 Å². The van der Waals surface area contributed by atoms with E-state index in [4.69, 9.17) is 4.74 Å². The summed E-state index contributed by atoms with van der Waals surface area (Å²) in [6.07, 6.45) is 3.88. The Labute approximate surface area is 170 Å². The smallest absolute Gasteiger partial charge is 0.226 e. The van der Waals surface area contributed by atoms with Crippen molar-refractivity contribution in [2.45, 2.75) is 19.4 Å². The molecule has 2 aliphatic heterocycles. The molecule has 6 heteroatoms. The summed E-state index contributed by atoms with van der Waals surface area (Å²) in [5.74, 6) is -0.200. The van der Waals surface area contributed by atoms with Crippen LogP contribution in [0, 0.1) is 0 Å². The highest BCUT2D eigenvalue weighted by Crippen LogP contribution is 2.33. The minimum Gasteiger partial charge on any atom is -0.378 e. The molecule has 0 unspecified atom stereocenters. The summed E-state index contributed by atoms with van der Waals surface area (Å²) < 4.78 is 5.39. The van der Waals surface area contributed by atoms with Gasteiger partial charge in [-0.05, 0) is 41.5 Å². The van der Waals surface area contributed by atoms with Gasteiger partial charge in [-0.1, -0.05) is 24.3 Å². The molecule has 2 aliphatic rings. The predicted molar refractivity (Wildman–Crippen MR) is 113 cm³/mol. The molecule has 0 aliphatic carbocycles. The van der Waals surface area contributed by atoms with Crippen molar-refractivity contribution < 1.29 is 14.3 Å². The second kappa shape index (κ2) is 8.49. The zero-order chi connectivity index (χ0) is 20.2. The highest BCUT2D eigenvalue weighted by atomic mass is 16.5. The van der Waals surface area contributed by atoms with Crippen LogP contribution in [0.5, 0.6) is 0 Å². The molecule has 4 rings (SSSR count). The summed E-state index contributed by atoms with van der Waals surface area (Å²) in [6, 6.07) is 15.4. The van der Waals surface area contributed by atoms with E-state index < -0.39 is 0 Å². The monoisotopic (exact) mass is 391 g/mol. The van der Waals surface area contributed by atoms with E-state index in [2.05, 4.69) is 10.2 Å². The van der Waals surface area contributed by atoms with Crippen LogP contribution < -0.4 is 10.2 Å². The second-order valence-electron chi connectivity index (χ2n) is 7.29. The largest absolute Gasteiger partial charge is 0.378 e. The van der Waals surface area contributed by atoms with Crippen molar-refractivity contribution in [2.24, 2.45) is 0 Å². The van der Waals surface area contributed by atoms with Gasteiger partial charge in [0.05, 0.1) is 25.7 Å². The maximum absolute atomic E-state index is 12.7. The number of hydrogen-bond donors (Lipinski definition) is 1. The number of anilines is 2. The second-order valence-corrected chi connectivity index (χ2v) is 7.29. The van der Waals surface area contributed by atoms with Gasteiger partial charge < -0.3 is 19.9 Å². The Morgan fingerprint density at radius 1 is 1.07 bits per heavy atom. The van der Waals surface area contributed by atoms with E-state index in [0.717, 1.165) is 48.8 Å².